The number of azide groups is 1. The molecule has 0 bridgehead atoms. The molecule has 1 aromatic heterocycles. The molecule has 176 valence electrons. The van der Waals surface area contributed by atoms with Crippen molar-refractivity contribution in [2.75, 3.05) is 26.7 Å². The molecule has 1 atom stereocenters. The Morgan fingerprint density at radius 1 is 1.35 bits per heavy atom. The van der Waals surface area contributed by atoms with Gasteiger partial charge in [-0.1, -0.05) is 28.8 Å². The van der Waals surface area contributed by atoms with Gasteiger partial charge in [0.1, 0.15) is 17.6 Å². The summed E-state index contributed by atoms with van der Waals surface area (Å²) in [5, 5.41) is 7.26. The fraction of sp³-hybridized carbons (Fsp3) is 0.348. The lowest BCUT2D eigenvalue weighted by Gasteiger charge is -2.34. The fourth-order valence-electron chi connectivity index (χ4n) is 4.14. The number of benzene rings is 1. The molecule has 2 aliphatic rings. The first kappa shape index (κ1) is 23.7. The number of hydrogen-bond donors (Lipinski definition) is 1. The Balaban J connectivity index is 1.75. The number of halogens is 2. The number of nitrogens with one attached hydrogen (secondary N) is 1. The molecule has 1 aromatic carbocycles. The molecule has 1 unspecified atom stereocenters. The maximum atomic E-state index is 13.8. The van der Waals surface area contributed by atoms with Gasteiger partial charge in [-0.05, 0) is 55.7 Å². The monoisotopic (exact) mass is 483 g/mol. The van der Waals surface area contributed by atoms with E-state index in [0.717, 1.165) is 12.8 Å². The zero-order valence-corrected chi connectivity index (χ0v) is 19.2. The van der Waals surface area contributed by atoms with Gasteiger partial charge in [-0.25, -0.2) is 9.18 Å². The predicted molar refractivity (Wildman–Crippen MR) is 126 cm³/mol. The molecule has 1 N–H and O–H groups in total. The maximum Gasteiger partial charge on any atom is 0.338 e. The molecule has 34 heavy (non-hydrogen) atoms. The van der Waals surface area contributed by atoms with Crippen molar-refractivity contribution < 1.29 is 13.9 Å². The molecule has 0 spiro atoms. The number of carbonyl (C=O) groups is 1. The highest BCUT2D eigenvalue weighted by molar-refractivity contribution is 6.31. The van der Waals surface area contributed by atoms with Crippen molar-refractivity contribution in [2.45, 2.75) is 24.9 Å². The summed E-state index contributed by atoms with van der Waals surface area (Å²) < 4.78 is 18.9. The van der Waals surface area contributed by atoms with Gasteiger partial charge in [-0.3, -0.25) is 14.9 Å². The Bertz CT molecular complexity index is 1170. The second-order valence-corrected chi connectivity index (χ2v) is 8.39. The number of aromatic nitrogens is 1. The molecule has 0 radical (unpaired) electrons. The zero-order chi connectivity index (χ0) is 24.1. The van der Waals surface area contributed by atoms with Crippen LogP contribution in [0.2, 0.25) is 5.02 Å². The lowest BCUT2D eigenvalue weighted by Crippen LogP contribution is -2.42. The Kier molecular flexibility index (Phi) is 7.42. The van der Waals surface area contributed by atoms with Crippen LogP contribution in [-0.4, -0.2) is 54.5 Å². The molecular formula is C23H23ClFN7O2. The summed E-state index contributed by atoms with van der Waals surface area (Å²) >= 11 is 6.38. The fourth-order valence-corrected chi connectivity index (χ4v) is 4.41. The third-order valence-electron chi connectivity index (χ3n) is 5.85. The third-order valence-corrected chi connectivity index (χ3v) is 6.18. The van der Waals surface area contributed by atoms with Crippen LogP contribution in [0.5, 0.6) is 0 Å². The molecule has 11 heteroatoms. The number of nitrogens with zero attached hydrogens (tertiary/aromatic N) is 6. The first-order chi connectivity index (χ1) is 16.5. The number of amidine groups is 1. The van der Waals surface area contributed by atoms with Gasteiger partial charge in [0, 0.05) is 40.0 Å². The van der Waals surface area contributed by atoms with E-state index in [-0.39, 0.29) is 11.1 Å². The highest BCUT2D eigenvalue weighted by Gasteiger charge is 2.34. The molecule has 4 rings (SSSR count). The Morgan fingerprint density at radius 3 is 2.79 bits per heavy atom. The zero-order valence-electron chi connectivity index (χ0n) is 18.5. The Labute approximate surface area is 200 Å². The predicted octanol–water partition coefficient (Wildman–Crippen LogP) is 4.17. The summed E-state index contributed by atoms with van der Waals surface area (Å²) in [4.78, 5) is 27.2. The molecular weight excluding hydrogens is 461 g/mol. The quantitative estimate of drug-likeness (QED) is 0.286. The van der Waals surface area contributed by atoms with Gasteiger partial charge in [-0.15, -0.1) is 0 Å². The molecule has 3 heterocycles. The number of hydrogen-bond acceptors (Lipinski definition) is 7. The number of carbonyl (C=O) groups excluding carboxylic acids is 1. The molecule has 2 aromatic rings. The van der Waals surface area contributed by atoms with Gasteiger partial charge < -0.3 is 10.1 Å². The number of aliphatic imine (C=N–C) groups is 1. The van der Waals surface area contributed by atoms with Crippen LogP contribution < -0.4 is 5.32 Å². The number of piperidine rings is 1. The number of likely N-dealkylation sites (tertiary alicyclic amines) is 1. The average molecular weight is 484 g/mol. The summed E-state index contributed by atoms with van der Waals surface area (Å²) in [5.41, 5.74) is 10.7. The number of ether oxygens (including phenoxy) is 1. The minimum absolute atomic E-state index is 0.0361. The van der Waals surface area contributed by atoms with Gasteiger partial charge in [0.2, 0.25) is 0 Å². The summed E-state index contributed by atoms with van der Waals surface area (Å²) in [6.07, 6.45) is 3.09. The van der Waals surface area contributed by atoms with E-state index < -0.39 is 17.8 Å². The largest absolute Gasteiger partial charge is 0.466 e. The number of rotatable bonds is 6. The van der Waals surface area contributed by atoms with E-state index in [4.69, 9.17) is 26.9 Å². The van der Waals surface area contributed by atoms with Gasteiger partial charge in [-0.2, -0.15) is 0 Å². The van der Waals surface area contributed by atoms with E-state index >= 15 is 0 Å². The van der Waals surface area contributed by atoms with Crippen molar-refractivity contribution in [2.24, 2.45) is 10.1 Å². The smallest absolute Gasteiger partial charge is 0.338 e. The highest BCUT2D eigenvalue weighted by Crippen LogP contribution is 2.36. The van der Waals surface area contributed by atoms with Crippen LogP contribution in [0.15, 0.2) is 64.0 Å². The van der Waals surface area contributed by atoms with Crippen LogP contribution >= 0.6 is 11.6 Å². The second kappa shape index (κ2) is 10.6. The van der Waals surface area contributed by atoms with Gasteiger partial charge in [0.05, 0.1) is 12.7 Å². The maximum absolute atomic E-state index is 13.8. The van der Waals surface area contributed by atoms with E-state index in [1.54, 1.807) is 18.3 Å². The summed E-state index contributed by atoms with van der Waals surface area (Å²) in [5.74, 6) is -0.568. The molecule has 1 saturated heterocycles. The van der Waals surface area contributed by atoms with Crippen molar-refractivity contribution in [3.8, 4) is 0 Å². The number of esters is 1. The van der Waals surface area contributed by atoms with Crippen molar-refractivity contribution >= 4 is 23.4 Å². The topological polar surface area (TPSA) is 116 Å². The Morgan fingerprint density at radius 2 is 2.15 bits per heavy atom. The van der Waals surface area contributed by atoms with Gasteiger partial charge >= 0.3 is 5.97 Å². The van der Waals surface area contributed by atoms with E-state index in [9.17, 15) is 9.18 Å². The van der Waals surface area contributed by atoms with Gasteiger partial charge in [0.25, 0.3) is 0 Å². The third kappa shape index (κ3) is 5.20. The Hall–Kier alpha value is -3.46. The molecule has 0 aliphatic carbocycles. The average Bonchev–Trinajstić information content (AvgIpc) is 2.85. The van der Waals surface area contributed by atoms with Gasteiger partial charge in [0.15, 0.2) is 5.84 Å². The van der Waals surface area contributed by atoms with Crippen LogP contribution in [0.4, 0.5) is 4.39 Å². The molecule has 0 amide bonds. The van der Waals surface area contributed by atoms with E-state index in [0.29, 0.717) is 48.0 Å². The summed E-state index contributed by atoms with van der Waals surface area (Å²) in [6.45, 7) is 1.80. The SMILES string of the molecule is COC(=O)C1=C(CN2CCC(N=[N+]=[N-])CC2)NC(c2ccccn2)=NC1c1ccc(F)cc1Cl. The normalized spacial score (nSPS) is 19.1. The van der Waals surface area contributed by atoms with Crippen molar-refractivity contribution in [1.82, 2.24) is 15.2 Å². The number of pyridine rings is 1. The summed E-state index contributed by atoms with van der Waals surface area (Å²) in [7, 11) is 1.31. The van der Waals surface area contributed by atoms with E-state index in [1.165, 1.54) is 25.3 Å². The molecule has 0 saturated carbocycles. The minimum Gasteiger partial charge on any atom is -0.466 e. The standard InChI is InChI=1S/C23H23ClFN7O2/c1-34-23(33)20-19(13-32-10-7-15(8-11-32)30-31-26)28-22(18-4-2-3-9-27-18)29-21(20)16-6-5-14(25)12-17(16)24/h2-6,9,12,15,21H,7-8,10-11,13H2,1H3,(H,28,29). The first-order valence-electron chi connectivity index (χ1n) is 10.8. The van der Waals surface area contributed by atoms with Crippen molar-refractivity contribution in [3.05, 3.63) is 86.4 Å². The van der Waals surface area contributed by atoms with E-state index in [1.807, 2.05) is 6.07 Å². The van der Waals surface area contributed by atoms with Crippen LogP contribution in [0, 0.1) is 5.82 Å². The highest BCUT2D eigenvalue weighted by atomic mass is 35.5. The van der Waals surface area contributed by atoms with Crippen LogP contribution in [0.25, 0.3) is 10.4 Å². The van der Waals surface area contributed by atoms with Crippen LogP contribution in [-0.2, 0) is 9.53 Å². The summed E-state index contributed by atoms with van der Waals surface area (Å²) in [6, 6.07) is 8.61. The van der Waals surface area contributed by atoms with Crippen molar-refractivity contribution in [3.63, 3.8) is 0 Å². The number of methoxy groups -OCH3 is 1. The lowest BCUT2D eigenvalue weighted by atomic mass is 9.94. The van der Waals surface area contributed by atoms with Crippen molar-refractivity contribution in [1.29, 1.82) is 0 Å². The molecule has 9 nitrogen and oxygen atoms in total. The first-order valence-corrected chi connectivity index (χ1v) is 11.2. The minimum atomic E-state index is -0.811. The van der Waals surface area contributed by atoms with E-state index in [2.05, 4.69) is 25.2 Å². The van der Waals surface area contributed by atoms with Crippen LogP contribution in [0.1, 0.15) is 30.1 Å². The second-order valence-electron chi connectivity index (χ2n) is 7.98. The lowest BCUT2D eigenvalue weighted by molar-refractivity contribution is -0.136. The molecule has 2 aliphatic heterocycles. The molecule has 1 fully saturated rings. The van der Waals surface area contributed by atoms with Crippen LogP contribution in [0.3, 0.4) is 0 Å².